The first kappa shape index (κ1) is 19.7. The molecule has 0 unspecified atom stereocenters. The Balaban J connectivity index is 1.96. The summed E-state index contributed by atoms with van der Waals surface area (Å²) >= 11 is 5.59. The van der Waals surface area contributed by atoms with E-state index in [0.29, 0.717) is 11.3 Å². The van der Waals surface area contributed by atoms with Crippen LogP contribution in [0.5, 0.6) is 11.5 Å². The molecule has 132 valence electrons. The zero-order chi connectivity index (χ0) is 18.6. The molecule has 0 atom stereocenters. The van der Waals surface area contributed by atoms with Crippen molar-refractivity contribution >= 4 is 50.6 Å². The zero-order valence-electron chi connectivity index (χ0n) is 14.1. The Morgan fingerprint density at radius 3 is 2.68 bits per heavy atom. The Bertz CT molecular complexity index is 814. The lowest BCUT2D eigenvalue weighted by Gasteiger charge is -2.11. The van der Waals surface area contributed by atoms with Gasteiger partial charge in [-0.1, -0.05) is 6.07 Å². The molecule has 5 nitrogen and oxygen atoms in total. The minimum absolute atomic E-state index is 0.147. The second-order valence-electron chi connectivity index (χ2n) is 5.64. The van der Waals surface area contributed by atoms with E-state index in [1.165, 1.54) is 6.21 Å². The van der Waals surface area contributed by atoms with Crippen LogP contribution in [0, 0.1) is 24.3 Å². The number of benzene rings is 2. The highest BCUT2D eigenvalue weighted by molar-refractivity contribution is 14.1. The number of rotatable bonds is 5. The van der Waals surface area contributed by atoms with Crippen LogP contribution >= 0.6 is 38.5 Å². The number of phenolic OH excluding ortho intramolecular Hbond substituents is 1. The van der Waals surface area contributed by atoms with Crippen LogP contribution in [-0.2, 0) is 4.79 Å². The zero-order valence-corrected chi connectivity index (χ0v) is 17.8. The highest BCUT2D eigenvalue weighted by atomic mass is 127. The molecule has 0 fully saturated rings. The Labute approximate surface area is 168 Å². The normalized spacial score (nSPS) is 10.9. The van der Waals surface area contributed by atoms with Crippen LogP contribution in [0.25, 0.3) is 0 Å². The quantitative estimate of drug-likeness (QED) is 0.355. The monoisotopic (exact) mass is 516 g/mol. The van der Waals surface area contributed by atoms with Gasteiger partial charge in [-0.05, 0) is 94.2 Å². The number of amides is 1. The fraction of sp³-hybridized carbons (Fsp3) is 0.222. The fourth-order valence-electron chi connectivity index (χ4n) is 2.29. The van der Waals surface area contributed by atoms with E-state index in [4.69, 9.17) is 4.74 Å². The molecule has 2 rings (SSSR count). The first-order valence-corrected chi connectivity index (χ1v) is 9.35. The van der Waals surface area contributed by atoms with Crippen molar-refractivity contribution in [3.63, 3.8) is 0 Å². The molecule has 0 aliphatic heterocycles. The van der Waals surface area contributed by atoms with Crippen LogP contribution in [0.2, 0.25) is 0 Å². The number of carbonyl (C=O) groups excluding carboxylic acids is 1. The lowest BCUT2D eigenvalue weighted by Crippen LogP contribution is -2.24. The van der Waals surface area contributed by atoms with E-state index in [0.717, 1.165) is 24.7 Å². The second-order valence-corrected chi connectivity index (χ2v) is 7.74. The number of ether oxygens (including phenoxy) is 1. The summed E-state index contributed by atoms with van der Waals surface area (Å²) in [7, 11) is 0. The highest BCUT2D eigenvalue weighted by Gasteiger charge is 2.09. The molecule has 0 saturated heterocycles. The molecule has 0 spiro atoms. The van der Waals surface area contributed by atoms with Gasteiger partial charge in [0.05, 0.1) is 10.7 Å². The van der Waals surface area contributed by atoms with Crippen LogP contribution in [-0.4, -0.2) is 23.8 Å². The first-order valence-electron chi connectivity index (χ1n) is 7.48. The summed E-state index contributed by atoms with van der Waals surface area (Å²) in [5.41, 5.74) is 5.75. The van der Waals surface area contributed by atoms with E-state index in [2.05, 4.69) is 49.0 Å². The van der Waals surface area contributed by atoms with Crippen molar-refractivity contribution in [2.24, 2.45) is 5.10 Å². The summed E-state index contributed by atoms with van der Waals surface area (Å²) in [6.45, 7) is 5.57. The van der Waals surface area contributed by atoms with Crippen LogP contribution in [0.15, 0.2) is 33.8 Å². The number of halogens is 2. The van der Waals surface area contributed by atoms with E-state index < -0.39 is 0 Å². The molecule has 0 bridgehead atoms. The summed E-state index contributed by atoms with van der Waals surface area (Å²) in [5, 5.41) is 13.9. The third kappa shape index (κ3) is 5.43. The number of aromatic hydroxyl groups is 1. The minimum atomic E-state index is -0.384. The number of carbonyl (C=O) groups is 1. The topological polar surface area (TPSA) is 70.9 Å². The van der Waals surface area contributed by atoms with E-state index in [1.807, 2.05) is 39.0 Å². The Morgan fingerprint density at radius 1 is 1.28 bits per heavy atom. The van der Waals surface area contributed by atoms with Crippen molar-refractivity contribution in [3.8, 4) is 11.5 Å². The maximum Gasteiger partial charge on any atom is 0.277 e. The van der Waals surface area contributed by atoms with Crippen molar-refractivity contribution < 1.29 is 14.6 Å². The third-order valence-electron chi connectivity index (χ3n) is 3.41. The maximum atomic E-state index is 11.9. The van der Waals surface area contributed by atoms with Gasteiger partial charge >= 0.3 is 0 Å². The van der Waals surface area contributed by atoms with Crippen molar-refractivity contribution in [1.82, 2.24) is 5.43 Å². The smallest absolute Gasteiger partial charge is 0.277 e. The van der Waals surface area contributed by atoms with Crippen molar-refractivity contribution in [3.05, 3.63) is 54.6 Å². The lowest BCUT2D eigenvalue weighted by molar-refractivity contribution is -0.123. The molecule has 25 heavy (non-hydrogen) atoms. The SMILES string of the molecule is Cc1cc(C)c(OCC(=O)N/N=C/c2cc(I)cc(C)c2O)c(Br)c1. The molecule has 0 radical (unpaired) electrons. The fourth-order valence-corrected chi connectivity index (χ4v) is 3.88. The summed E-state index contributed by atoms with van der Waals surface area (Å²) in [6, 6.07) is 7.56. The predicted octanol–water partition coefficient (Wildman–Crippen LogP) is 4.21. The molecule has 2 N–H and O–H groups in total. The van der Waals surface area contributed by atoms with Gasteiger partial charge in [0.2, 0.25) is 0 Å². The average Bonchev–Trinajstić information content (AvgIpc) is 2.50. The van der Waals surface area contributed by atoms with Crippen molar-refractivity contribution in [2.75, 3.05) is 6.61 Å². The van der Waals surface area contributed by atoms with Crippen LogP contribution in [0.4, 0.5) is 0 Å². The molecule has 0 aliphatic rings. The molecule has 0 aromatic heterocycles. The summed E-state index contributed by atoms with van der Waals surface area (Å²) < 4.78 is 7.35. The van der Waals surface area contributed by atoms with Crippen LogP contribution in [0.3, 0.4) is 0 Å². The van der Waals surface area contributed by atoms with E-state index in [1.54, 1.807) is 6.07 Å². The van der Waals surface area contributed by atoms with Gasteiger partial charge < -0.3 is 9.84 Å². The van der Waals surface area contributed by atoms with Gasteiger partial charge in [-0.3, -0.25) is 4.79 Å². The first-order chi connectivity index (χ1) is 11.8. The molecule has 0 saturated carbocycles. The molecule has 2 aromatic carbocycles. The third-order valence-corrected chi connectivity index (χ3v) is 4.62. The van der Waals surface area contributed by atoms with Crippen LogP contribution < -0.4 is 10.2 Å². The Morgan fingerprint density at radius 2 is 2.00 bits per heavy atom. The largest absolute Gasteiger partial charge is 0.507 e. The summed E-state index contributed by atoms with van der Waals surface area (Å²) in [6.07, 6.45) is 1.41. The minimum Gasteiger partial charge on any atom is -0.507 e. The number of nitrogens with zero attached hydrogens (tertiary/aromatic N) is 1. The Hall–Kier alpha value is -1.61. The van der Waals surface area contributed by atoms with E-state index in [9.17, 15) is 9.90 Å². The highest BCUT2D eigenvalue weighted by Crippen LogP contribution is 2.30. The number of nitrogens with one attached hydrogen (secondary N) is 1. The van der Waals surface area contributed by atoms with E-state index >= 15 is 0 Å². The van der Waals surface area contributed by atoms with E-state index in [-0.39, 0.29) is 18.3 Å². The number of aryl methyl sites for hydroxylation is 3. The molecule has 0 heterocycles. The number of phenols is 1. The summed E-state index contributed by atoms with van der Waals surface area (Å²) in [4.78, 5) is 11.9. The van der Waals surface area contributed by atoms with Crippen molar-refractivity contribution in [2.45, 2.75) is 20.8 Å². The molecular formula is C18H18BrIN2O3. The summed E-state index contributed by atoms with van der Waals surface area (Å²) in [5.74, 6) is 0.398. The van der Waals surface area contributed by atoms with Crippen molar-refractivity contribution in [1.29, 1.82) is 0 Å². The van der Waals surface area contributed by atoms with Gasteiger partial charge in [0.1, 0.15) is 11.5 Å². The lowest BCUT2D eigenvalue weighted by atomic mass is 10.1. The second kappa shape index (κ2) is 8.66. The number of hydrogen-bond donors (Lipinski definition) is 2. The predicted molar refractivity (Wildman–Crippen MR) is 110 cm³/mol. The standard InChI is InChI=1S/C18H18BrIN2O3/c1-10-4-12(3)18(15(19)5-10)25-9-16(23)22-21-8-13-7-14(20)6-11(2)17(13)24/h4-8,24H,9H2,1-3H3,(H,22,23)/b21-8+. The van der Waals surface area contributed by atoms with Gasteiger partial charge in [0.15, 0.2) is 6.61 Å². The molecular weight excluding hydrogens is 499 g/mol. The van der Waals surface area contributed by atoms with Crippen LogP contribution in [0.1, 0.15) is 22.3 Å². The average molecular weight is 517 g/mol. The molecule has 1 amide bonds. The maximum absolute atomic E-state index is 11.9. The van der Waals surface area contributed by atoms with Gasteiger partial charge in [0.25, 0.3) is 5.91 Å². The van der Waals surface area contributed by atoms with Gasteiger partial charge in [-0.2, -0.15) is 5.10 Å². The van der Waals surface area contributed by atoms with Gasteiger partial charge in [-0.25, -0.2) is 5.43 Å². The molecule has 7 heteroatoms. The van der Waals surface area contributed by atoms with Gasteiger partial charge in [-0.15, -0.1) is 0 Å². The number of hydrogen-bond acceptors (Lipinski definition) is 4. The molecule has 2 aromatic rings. The van der Waals surface area contributed by atoms with Gasteiger partial charge in [0, 0.05) is 9.13 Å². The molecule has 0 aliphatic carbocycles. The number of hydrazone groups is 1. The Kier molecular flexibility index (Phi) is 6.83.